The number of nitriles is 1. The lowest BCUT2D eigenvalue weighted by Gasteiger charge is -2.31. The second-order valence-electron chi connectivity index (χ2n) is 10.4. The van der Waals surface area contributed by atoms with Gasteiger partial charge in [0.25, 0.3) is 0 Å². The minimum Gasteiger partial charge on any atom is -0.492 e. The Bertz CT molecular complexity index is 1820. The van der Waals surface area contributed by atoms with Crippen molar-refractivity contribution in [2.75, 3.05) is 37.6 Å². The second-order valence-corrected chi connectivity index (χ2v) is 10.4. The van der Waals surface area contributed by atoms with E-state index in [4.69, 9.17) is 9.57 Å². The Balaban J connectivity index is 1.71. The normalized spacial score (nSPS) is 15.6. The average molecular weight is 621 g/mol. The number of amides is 1. The molecule has 1 amide bonds. The fourth-order valence-corrected chi connectivity index (χ4v) is 4.78. The van der Waals surface area contributed by atoms with Gasteiger partial charge in [0.1, 0.15) is 18.4 Å². The molecule has 1 aliphatic rings. The van der Waals surface area contributed by atoms with E-state index in [-0.39, 0.29) is 29.3 Å². The number of rotatable bonds is 12. The monoisotopic (exact) mass is 620 g/mol. The van der Waals surface area contributed by atoms with Gasteiger partial charge < -0.3 is 20.3 Å². The molecule has 2 N–H and O–H groups in total. The summed E-state index contributed by atoms with van der Waals surface area (Å²) in [6.07, 6.45) is 10.3. The van der Waals surface area contributed by atoms with E-state index < -0.39 is 5.79 Å². The summed E-state index contributed by atoms with van der Waals surface area (Å²) in [6.45, 7) is 2.73. The van der Waals surface area contributed by atoms with Gasteiger partial charge in [-0.15, -0.1) is 0 Å². The molecule has 0 saturated heterocycles. The maximum Gasteiger partial charge on any atom is 0.249 e. The number of alkyl halides is 1. The highest BCUT2D eigenvalue weighted by Gasteiger charge is 2.35. The van der Waals surface area contributed by atoms with Crippen LogP contribution in [0.15, 0.2) is 96.4 Å². The van der Waals surface area contributed by atoms with Crippen LogP contribution in [0.5, 0.6) is 5.75 Å². The Hall–Kier alpha value is -5.64. The van der Waals surface area contributed by atoms with Crippen LogP contribution >= 0.6 is 0 Å². The van der Waals surface area contributed by atoms with Gasteiger partial charge in [0.15, 0.2) is 0 Å². The first-order valence-electron chi connectivity index (χ1n) is 14.5. The average Bonchev–Trinajstić information content (AvgIpc) is 3.06. The third-order valence-electron chi connectivity index (χ3n) is 6.86. The summed E-state index contributed by atoms with van der Waals surface area (Å²) in [6, 6.07) is 17.7. The number of ether oxygens (including phenoxy) is 1. The second kappa shape index (κ2) is 14.4. The number of aromatic nitrogens is 2. The fraction of sp³-hybridized carbons (Fsp3) is 0.206. The van der Waals surface area contributed by atoms with Crippen LogP contribution in [0.2, 0.25) is 0 Å². The maximum absolute atomic E-state index is 16.4. The molecule has 2 aromatic heterocycles. The molecule has 1 atom stereocenters. The number of para-hydroxylation sites is 1. The summed E-state index contributed by atoms with van der Waals surface area (Å²) in [5.74, 6) is -2.20. The number of halogens is 1. The molecule has 1 unspecified atom stereocenters. The third kappa shape index (κ3) is 7.18. The molecule has 0 radical (unpaired) electrons. The molecular formula is C34H33FN8O3. The Morgan fingerprint density at radius 1 is 1.17 bits per heavy atom. The van der Waals surface area contributed by atoms with Crippen molar-refractivity contribution in [3.05, 3.63) is 108 Å². The molecular weight excluding hydrogens is 587 g/mol. The topological polar surface area (TPSA) is 128 Å². The maximum atomic E-state index is 16.4. The first-order chi connectivity index (χ1) is 22.3. The molecule has 46 heavy (non-hydrogen) atoms. The summed E-state index contributed by atoms with van der Waals surface area (Å²) in [5.41, 5.74) is 2.31. The quantitative estimate of drug-likeness (QED) is 0.120. The van der Waals surface area contributed by atoms with E-state index in [2.05, 4.69) is 31.7 Å². The lowest BCUT2D eigenvalue weighted by molar-refractivity contribution is -0.111. The SMILES string of the molecule is CCOc1cc2ncc(C#N)c(N(OCc3ccccn3)c3ccccc3C3(F)C=CNC=N3)c2cc1NC(=O)/C=C/CN(C)C. The van der Waals surface area contributed by atoms with Gasteiger partial charge in [0.2, 0.25) is 11.7 Å². The number of nitrogens with zero attached hydrogens (tertiary/aromatic N) is 6. The molecule has 234 valence electrons. The molecule has 0 aliphatic carbocycles. The predicted octanol–water partition coefficient (Wildman–Crippen LogP) is 5.49. The number of hydrogen-bond acceptors (Lipinski definition) is 10. The third-order valence-corrected chi connectivity index (χ3v) is 6.86. The summed E-state index contributed by atoms with van der Waals surface area (Å²) >= 11 is 0. The smallest absolute Gasteiger partial charge is 0.249 e. The zero-order valence-electron chi connectivity index (χ0n) is 25.6. The van der Waals surface area contributed by atoms with Crippen molar-refractivity contribution in [1.29, 1.82) is 5.26 Å². The van der Waals surface area contributed by atoms with E-state index >= 15 is 4.39 Å². The number of likely N-dealkylation sites (N-methyl/N-ethyl adjacent to an activating group) is 1. The number of nitrogens with one attached hydrogen (secondary N) is 2. The van der Waals surface area contributed by atoms with Gasteiger partial charge >= 0.3 is 0 Å². The first kappa shape index (κ1) is 31.8. The number of carbonyl (C=O) groups is 1. The highest BCUT2D eigenvalue weighted by atomic mass is 19.1. The van der Waals surface area contributed by atoms with Crippen LogP contribution in [0.3, 0.4) is 0 Å². The zero-order valence-corrected chi connectivity index (χ0v) is 25.6. The number of carbonyl (C=O) groups excluding carboxylic acids is 1. The molecule has 0 spiro atoms. The van der Waals surface area contributed by atoms with E-state index in [0.717, 1.165) is 0 Å². The van der Waals surface area contributed by atoms with Crippen molar-refractivity contribution >= 4 is 40.2 Å². The Labute approximate surface area is 266 Å². The standard InChI is InChI=1S/C34H33FN8O3/c1-4-45-31-19-28-26(18-29(31)41-32(44)13-9-17-42(2)3)33(24(20-36)21-39-28)43(46-22-25-10-7-8-15-38-25)30-12-6-5-11-27(30)34(35)14-16-37-23-40-34/h5-16,18-19,21,23H,4,17,22H2,1-3H3,(H,37,40)(H,41,44)/b13-9+. The summed E-state index contributed by atoms with van der Waals surface area (Å²) in [5, 5.41) is 17.8. The van der Waals surface area contributed by atoms with Gasteiger partial charge in [-0.1, -0.05) is 30.3 Å². The van der Waals surface area contributed by atoms with Crippen molar-refractivity contribution < 1.29 is 18.8 Å². The summed E-state index contributed by atoms with van der Waals surface area (Å²) in [4.78, 5) is 34.2. The number of benzene rings is 2. The molecule has 4 aromatic rings. The predicted molar refractivity (Wildman–Crippen MR) is 175 cm³/mol. The summed E-state index contributed by atoms with van der Waals surface area (Å²) in [7, 11) is 3.80. The minimum atomic E-state index is -2.23. The lowest BCUT2D eigenvalue weighted by Crippen LogP contribution is -2.27. The van der Waals surface area contributed by atoms with Crippen LogP contribution < -0.4 is 20.4 Å². The molecule has 11 nitrogen and oxygen atoms in total. The number of fused-ring (bicyclic) bond motifs is 1. The van der Waals surface area contributed by atoms with Gasteiger partial charge in [-0.05, 0) is 51.4 Å². The minimum absolute atomic E-state index is 0.0128. The van der Waals surface area contributed by atoms with Crippen LogP contribution in [0.1, 0.15) is 23.7 Å². The number of pyridine rings is 2. The van der Waals surface area contributed by atoms with Crippen molar-refractivity contribution in [1.82, 2.24) is 20.2 Å². The molecule has 12 heteroatoms. The fourth-order valence-electron chi connectivity index (χ4n) is 4.78. The van der Waals surface area contributed by atoms with Crippen molar-refractivity contribution in [2.45, 2.75) is 19.3 Å². The molecule has 2 aromatic carbocycles. The molecule has 0 saturated carbocycles. The van der Waals surface area contributed by atoms with Crippen molar-refractivity contribution in [3.8, 4) is 11.8 Å². The van der Waals surface area contributed by atoms with Crippen molar-refractivity contribution in [2.24, 2.45) is 4.99 Å². The van der Waals surface area contributed by atoms with Crippen LogP contribution in [0, 0.1) is 11.3 Å². The van der Waals surface area contributed by atoms with Gasteiger partial charge in [-0.2, -0.15) is 5.26 Å². The highest BCUT2D eigenvalue weighted by molar-refractivity contribution is 6.05. The van der Waals surface area contributed by atoms with Crippen LogP contribution in [-0.2, 0) is 22.0 Å². The molecule has 0 bridgehead atoms. The lowest BCUT2D eigenvalue weighted by atomic mass is 10.0. The van der Waals surface area contributed by atoms with Gasteiger partial charge in [0.05, 0.1) is 46.8 Å². The van der Waals surface area contributed by atoms with E-state index in [1.807, 2.05) is 32.0 Å². The largest absolute Gasteiger partial charge is 0.492 e. The number of anilines is 3. The molecule has 5 rings (SSSR count). The Morgan fingerprint density at radius 2 is 2.00 bits per heavy atom. The highest BCUT2D eigenvalue weighted by Crippen LogP contribution is 2.44. The van der Waals surface area contributed by atoms with E-state index in [1.165, 1.54) is 36.0 Å². The van der Waals surface area contributed by atoms with E-state index in [9.17, 15) is 10.1 Å². The van der Waals surface area contributed by atoms with Gasteiger partial charge in [-0.25, -0.2) is 14.4 Å². The Kier molecular flexibility index (Phi) is 9.97. The molecule has 1 aliphatic heterocycles. The Morgan fingerprint density at radius 3 is 2.72 bits per heavy atom. The zero-order chi connectivity index (χ0) is 32.5. The van der Waals surface area contributed by atoms with Crippen molar-refractivity contribution in [3.63, 3.8) is 0 Å². The summed E-state index contributed by atoms with van der Waals surface area (Å²) < 4.78 is 22.3. The number of aliphatic imine (C=N–C) groups is 1. The van der Waals surface area contributed by atoms with E-state index in [1.54, 1.807) is 60.8 Å². The van der Waals surface area contributed by atoms with Gasteiger partial charge in [0, 0.05) is 48.2 Å². The van der Waals surface area contributed by atoms with Gasteiger partial charge in [-0.3, -0.25) is 19.6 Å². The van der Waals surface area contributed by atoms with Crippen LogP contribution in [-0.4, -0.2) is 54.4 Å². The number of hydrogen-bond donors (Lipinski definition) is 2. The van der Waals surface area contributed by atoms with Crippen LogP contribution in [0.4, 0.5) is 21.5 Å². The van der Waals surface area contributed by atoms with Crippen LogP contribution in [0.25, 0.3) is 10.9 Å². The van der Waals surface area contributed by atoms with E-state index in [0.29, 0.717) is 46.9 Å². The first-order valence-corrected chi connectivity index (χ1v) is 14.5. The molecule has 0 fully saturated rings. The molecule has 3 heterocycles.